The van der Waals surface area contributed by atoms with Crippen molar-refractivity contribution in [3.8, 4) is 5.75 Å². The summed E-state index contributed by atoms with van der Waals surface area (Å²) in [7, 11) is 1.63. The van der Waals surface area contributed by atoms with Crippen LogP contribution in [0.5, 0.6) is 5.75 Å². The van der Waals surface area contributed by atoms with Crippen LogP contribution in [0.15, 0.2) is 48.5 Å². The number of rotatable bonds is 7. The van der Waals surface area contributed by atoms with Gasteiger partial charge in [0.05, 0.1) is 16.8 Å². The first-order valence-corrected chi connectivity index (χ1v) is 9.76. The fourth-order valence-electron chi connectivity index (χ4n) is 2.53. The fourth-order valence-corrected chi connectivity index (χ4v) is 3.55. The van der Waals surface area contributed by atoms with E-state index in [0.717, 1.165) is 15.2 Å². The summed E-state index contributed by atoms with van der Waals surface area (Å²) in [5.74, 6) is -1.12. The summed E-state index contributed by atoms with van der Waals surface area (Å²) in [4.78, 5) is 30.6. The first-order valence-electron chi connectivity index (χ1n) is 8.95. The standard InChI is InChI=1S/C21H21FN2O4S/c1-21(2,28-15-10-8-14(22)9-11-15)20(26)27-13-19(25)24(3)12-18-23-16-6-4-5-7-17(16)29-18/h4-11H,12-13H2,1-3H3. The number of esters is 1. The molecule has 0 bridgehead atoms. The average molecular weight is 416 g/mol. The monoisotopic (exact) mass is 416 g/mol. The summed E-state index contributed by atoms with van der Waals surface area (Å²) >= 11 is 1.51. The minimum Gasteiger partial charge on any atom is -0.476 e. The highest BCUT2D eigenvalue weighted by atomic mass is 32.1. The van der Waals surface area contributed by atoms with Crippen molar-refractivity contribution in [1.82, 2.24) is 9.88 Å². The van der Waals surface area contributed by atoms with Gasteiger partial charge in [-0.25, -0.2) is 14.2 Å². The third kappa shape index (κ3) is 5.29. The topological polar surface area (TPSA) is 68.7 Å². The van der Waals surface area contributed by atoms with Gasteiger partial charge in [-0.1, -0.05) is 12.1 Å². The van der Waals surface area contributed by atoms with Crippen LogP contribution in [0.4, 0.5) is 4.39 Å². The van der Waals surface area contributed by atoms with E-state index in [1.165, 1.54) is 54.3 Å². The number of ether oxygens (including phenoxy) is 2. The molecule has 0 radical (unpaired) electrons. The Kier molecular flexibility index (Phi) is 6.12. The molecule has 152 valence electrons. The number of aromatic nitrogens is 1. The summed E-state index contributed by atoms with van der Waals surface area (Å²) in [6.07, 6.45) is 0. The maximum absolute atomic E-state index is 13.0. The highest BCUT2D eigenvalue weighted by molar-refractivity contribution is 7.18. The zero-order chi connectivity index (χ0) is 21.0. The summed E-state index contributed by atoms with van der Waals surface area (Å²) in [5.41, 5.74) is -0.441. The van der Waals surface area contributed by atoms with Crippen LogP contribution in [0.25, 0.3) is 10.2 Å². The first kappa shape index (κ1) is 20.7. The molecular formula is C21H21FN2O4S. The Labute approximate surface area is 171 Å². The van der Waals surface area contributed by atoms with Crippen LogP contribution in [-0.4, -0.2) is 41.0 Å². The lowest BCUT2D eigenvalue weighted by molar-refractivity contribution is -0.163. The van der Waals surface area contributed by atoms with Crippen LogP contribution in [0.3, 0.4) is 0 Å². The zero-order valence-electron chi connectivity index (χ0n) is 16.3. The van der Waals surface area contributed by atoms with Gasteiger partial charge in [-0.05, 0) is 50.2 Å². The number of amides is 1. The summed E-state index contributed by atoms with van der Waals surface area (Å²) < 4.78 is 24.7. The van der Waals surface area contributed by atoms with Crippen LogP contribution in [0.1, 0.15) is 18.9 Å². The third-order valence-corrected chi connectivity index (χ3v) is 5.16. The molecule has 0 aliphatic carbocycles. The van der Waals surface area contributed by atoms with Gasteiger partial charge in [0.1, 0.15) is 16.6 Å². The van der Waals surface area contributed by atoms with Gasteiger partial charge in [0.2, 0.25) is 0 Å². The molecule has 0 aliphatic heterocycles. The van der Waals surface area contributed by atoms with Gasteiger partial charge in [0.25, 0.3) is 5.91 Å². The molecular weight excluding hydrogens is 395 g/mol. The molecule has 0 atom stereocenters. The van der Waals surface area contributed by atoms with E-state index in [0.29, 0.717) is 12.3 Å². The van der Waals surface area contributed by atoms with E-state index in [4.69, 9.17) is 9.47 Å². The van der Waals surface area contributed by atoms with Crippen molar-refractivity contribution in [1.29, 1.82) is 0 Å². The minimum atomic E-state index is -1.33. The maximum atomic E-state index is 13.0. The van der Waals surface area contributed by atoms with Gasteiger partial charge in [-0.15, -0.1) is 11.3 Å². The number of hydrogen-bond donors (Lipinski definition) is 0. The fraction of sp³-hybridized carbons (Fsp3) is 0.286. The molecule has 3 rings (SSSR count). The van der Waals surface area contributed by atoms with E-state index in [9.17, 15) is 14.0 Å². The number of carbonyl (C=O) groups is 2. The SMILES string of the molecule is CN(Cc1nc2ccccc2s1)C(=O)COC(=O)C(C)(C)Oc1ccc(F)cc1. The molecule has 2 aromatic carbocycles. The molecule has 1 aromatic heterocycles. The van der Waals surface area contributed by atoms with E-state index >= 15 is 0 Å². The lowest BCUT2D eigenvalue weighted by Gasteiger charge is -2.24. The number of benzene rings is 2. The molecule has 1 amide bonds. The van der Waals surface area contributed by atoms with Crippen LogP contribution >= 0.6 is 11.3 Å². The molecule has 1 heterocycles. The van der Waals surface area contributed by atoms with Crippen molar-refractivity contribution in [3.63, 3.8) is 0 Å². The Morgan fingerprint density at radius 3 is 2.52 bits per heavy atom. The van der Waals surface area contributed by atoms with Gasteiger partial charge in [-0.2, -0.15) is 0 Å². The zero-order valence-corrected chi connectivity index (χ0v) is 17.2. The molecule has 0 aliphatic rings. The Morgan fingerprint density at radius 1 is 1.14 bits per heavy atom. The van der Waals surface area contributed by atoms with Crippen LogP contribution in [-0.2, 0) is 20.9 Å². The smallest absolute Gasteiger partial charge is 0.350 e. The van der Waals surface area contributed by atoms with Gasteiger partial charge >= 0.3 is 5.97 Å². The molecule has 0 saturated carbocycles. The number of thiazole rings is 1. The molecule has 0 N–H and O–H groups in total. The second-order valence-corrected chi connectivity index (χ2v) is 8.08. The summed E-state index contributed by atoms with van der Waals surface area (Å²) in [6.45, 7) is 2.96. The Morgan fingerprint density at radius 2 is 1.83 bits per heavy atom. The van der Waals surface area contributed by atoms with E-state index in [2.05, 4.69) is 4.98 Å². The number of para-hydroxylation sites is 1. The number of halogens is 1. The van der Waals surface area contributed by atoms with Gasteiger partial charge in [-0.3, -0.25) is 4.79 Å². The van der Waals surface area contributed by atoms with Crippen LogP contribution in [0, 0.1) is 5.82 Å². The summed E-state index contributed by atoms with van der Waals surface area (Å²) in [5, 5.41) is 0.799. The molecule has 6 nitrogen and oxygen atoms in total. The van der Waals surface area contributed by atoms with Crippen molar-refractivity contribution in [2.75, 3.05) is 13.7 Å². The van der Waals surface area contributed by atoms with E-state index in [-0.39, 0.29) is 5.91 Å². The second kappa shape index (κ2) is 8.57. The molecule has 0 spiro atoms. The Balaban J connectivity index is 1.52. The third-order valence-electron chi connectivity index (χ3n) is 4.14. The predicted octanol–water partition coefficient (Wildman–Crippen LogP) is 3.79. The van der Waals surface area contributed by atoms with Gasteiger partial charge < -0.3 is 14.4 Å². The normalized spacial score (nSPS) is 11.3. The van der Waals surface area contributed by atoms with E-state index in [1.807, 2.05) is 24.3 Å². The largest absolute Gasteiger partial charge is 0.476 e. The Hall–Kier alpha value is -3.00. The molecule has 29 heavy (non-hydrogen) atoms. The lowest BCUT2D eigenvalue weighted by Crippen LogP contribution is -2.41. The highest BCUT2D eigenvalue weighted by Crippen LogP contribution is 2.23. The molecule has 8 heteroatoms. The van der Waals surface area contributed by atoms with Crippen molar-refractivity contribution in [2.24, 2.45) is 0 Å². The molecule has 0 saturated heterocycles. The highest BCUT2D eigenvalue weighted by Gasteiger charge is 2.32. The second-order valence-electron chi connectivity index (χ2n) is 6.97. The van der Waals surface area contributed by atoms with E-state index < -0.39 is 24.0 Å². The van der Waals surface area contributed by atoms with E-state index in [1.54, 1.807) is 7.05 Å². The number of likely N-dealkylation sites (N-methyl/N-ethyl adjacent to an activating group) is 1. The number of hydrogen-bond acceptors (Lipinski definition) is 6. The van der Waals surface area contributed by atoms with Crippen molar-refractivity contribution >= 4 is 33.4 Å². The van der Waals surface area contributed by atoms with Crippen LogP contribution < -0.4 is 4.74 Å². The molecule has 0 fully saturated rings. The van der Waals surface area contributed by atoms with Crippen molar-refractivity contribution in [3.05, 3.63) is 59.4 Å². The van der Waals surface area contributed by atoms with Gasteiger partial charge in [0, 0.05) is 7.05 Å². The molecule has 3 aromatic rings. The number of carbonyl (C=O) groups excluding carboxylic acids is 2. The van der Waals surface area contributed by atoms with Crippen molar-refractivity contribution in [2.45, 2.75) is 26.0 Å². The Bertz CT molecular complexity index is 984. The predicted molar refractivity (Wildman–Crippen MR) is 108 cm³/mol. The van der Waals surface area contributed by atoms with Gasteiger partial charge in [0.15, 0.2) is 12.2 Å². The summed E-state index contributed by atoms with van der Waals surface area (Å²) in [6, 6.07) is 13.0. The number of fused-ring (bicyclic) bond motifs is 1. The first-order chi connectivity index (χ1) is 13.7. The molecule has 0 unspecified atom stereocenters. The van der Waals surface area contributed by atoms with Crippen LogP contribution in [0.2, 0.25) is 0 Å². The lowest BCUT2D eigenvalue weighted by atomic mass is 10.1. The quantitative estimate of drug-likeness (QED) is 0.548. The number of nitrogens with zero attached hydrogens (tertiary/aromatic N) is 2. The minimum absolute atomic E-state index is 0.325. The average Bonchev–Trinajstić information content (AvgIpc) is 3.09. The maximum Gasteiger partial charge on any atom is 0.350 e. The van der Waals surface area contributed by atoms with Crippen molar-refractivity contribution < 1.29 is 23.5 Å².